The minimum atomic E-state index is -0.949. The van der Waals surface area contributed by atoms with Crippen molar-refractivity contribution in [3.8, 4) is 11.5 Å². The van der Waals surface area contributed by atoms with Crippen LogP contribution in [0.5, 0.6) is 11.5 Å². The number of para-hydroxylation sites is 1. The Kier molecular flexibility index (Phi) is 8.05. The highest BCUT2D eigenvalue weighted by atomic mass is 16.5. The largest absolute Gasteiger partial charge is 0.496 e. The van der Waals surface area contributed by atoms with Crippen LogP contribution in [0.3, 0.4) is 0 Å². The molecule has 2 atom stereocenters. The van der Waals surface area contributed by atoms with Gasteiger partial charge in [-0.15, -0.1) is 0 Å². The van der Waals surface area contributed by atoms with E-state index >= 15 is 0 Å². The van der Waals surface area contributed by atoms with Crippen LogP contribution in [0, 0.1) is 0 Å². The van der Waals surface area contributed by atoms with Crippen LogP contribution in [0.4, 0.5) is 0 Å². The van der Waals surface area contributed by atoms with Crippen molar-refractivity contribution in [3.63, 3.8) is 0 Å². The molecule has 1 amide bonds. The van der Waals surface area contributed by atoms with Gasteiger partial charge in [0.1, 0.15) is 11.5 Å². The first-order valence-corrected chi connectivity index (χ1v) is 11.9. The summed E-state index contributed by atoms with van der Waals surface area (Å²) in [6.45, 7) is 4.05. The van der Waals surface area contributed by atoms with Gasteiger partial charge in [-0.2, -0.15) is 0 Å². The molecule has 2 heterocycles. The number of fused-ring (bicyclic) bond motifs is 2. The summed E-state index contributed by atoms with van der Waals surface area (Å²) in [5.41, 5.74) is 3.05. The third-order valence-electron chi connectivity index (χ3n) is 6.44. The van der Waals surface area contributed by atoms with Crippen molar-refractivity contribution in [1.29, 1.82) is 0 Å². The Balaban J connectivity index is 1.31. The lowest BCUT2D eigenvalue weighted by atomic mass is 9.83. The maximum atomic E-state index is 12.1. The summed E-state index contributed by atoms with van der Waals surface area (Å²) in [5, 5.41) is 13.3. The normalized spacial score (nSPS) is 19.4. The topological polar surface area (TPSA) is 97.3 Å². The number of carbonyl (C=O) groups excluding carboxylic acids is 1. The summed E-state index contributed by atoms with van der Waals surface area (Å²) in [5.74, 6) is 0.572. The van der Waals surface area contributed by atoms with E-state index in [1.165, 1.54) is 6.92 Å². The van der Waals surface area contributed by atoms with E-state index in [-0.39, 0.29) is 18.0 Å². The van der Waals surface area contributed by atoms with Crippen molar-refractivity contribution in [3.05, 3.63) is 65.2 Å². The van der Waals surface area contributed by atoms with Gasteiger partial charge in [-0.1, -0.05) is 30.3 Å². The van der Waals surface area contributed by atoms with Crippen LogP contribution in [0.1, 0.15) is 30.9 Å². The Morgan fingerprint density at radius 1 is 1.09 bits per heavy atom. The molecule has 0 saturated carbocycles. The Labute approximate surface area is 205 Å². The number of hydrogen-bond acceptors (Lipinski definition) is 6. The van der Waals surface area contributed by atoms with Crippen molar-refractivity contribution < 1.29 is 28.9 Å². The van der Waals surface area contributed by atoms with Crippen LogP contribution in [0.15, 0.2) is 54.1 Å². The highest BCUT2D eigenvalue weighted by Crippen LogP contribution is 2.34. The van der Waals surface area contributed by atoms with Gasteiger partial charge in [0.25, 0.3) is 0 Å². The number of amides is 1. The molecule has 0 radical (unpaired) electrons. The van der Waals surface area contributed by atoms with Crippen LogP contribution in [-0.2, 0) is 20.9 Å². The quantitative estimate of drug-likeness (QED) is 0.505. The lowest BCUT2D eigenvalue weighted by molar-refractivity contribution is -0.135. The summed E-state index contributed by atoms with van der Waals surface area (Å²) >= 11 is 0. The summed E-state index contributed by atoms with van der Waals surface area (Å²) in [4.78, 5) is 25.7. The fourth-order valence-electron chi connectivity index (χ4n) is 4.73. The number of hydrogen-bond donors (Lipinski definition) is 2. The summed E-state index contributed by atoms with van der Waals surface area (Å²) in [7, 11) is 1.65. The molecule has 0 aromatic heterocycles. The van der Waals surface area contributed by atoms with E-state index in [9.17, 15) is 14.7 Å². The molecule has 4 rings (SSSR count). The standard InChI is InChI=1S/C27H32N2O6/c1-18(30)29-15-21-14-23(26(27(31)32)24(16-29)28-21)19-8-10-22(11-9-19)35-13-5-12-34-17-20-6-3-4-7-25(20)33-2/h3-4,6-11,21,24,28H,5,12-17H2,1-2H3,(H,31,32). The molecule has 186 valence electrons. The number of carboxylic acids is 1. The minimum Gasteiger partial charge on any atom is -0.496 e. The fraction of sp³-hybridized carbons (Fsp3) is 0.407. The second kappa shape index (κ2) is 11.4. The lowest BCUT2D eigenvalue weighted by Gasteiger charge is -2.43. The van der Waals surface area contributed by atoms with E-state index in [1.54, 1.807) is 12.0 Å². The molecular formula is C27H32N2O6. The van der Waals surface area contributed by atoms with Crippen molar-refractivity contribution >= 4 is 17.4 Å². The predicted molar refractivity (Wildman–Crippen MR) is 131 cm³/mol. The number of carboxylic acid groups (broad SMARTS) is 1. The number of rotatable bonds is 10. The number of nitrogens with zero attached hydrogens (tertiary/aromatic N) is 1. The van der Waals surface area contributed by atoms with Gasteiger partial charge in [0, 0.05) is 38.0 Å². The van der Waals surface area contributed by atoms with Crippen LogP contribution in [0.25, 0.3) is 5.57 Å². The third kappa shape index (κ3) is 6.01. The molecule has 8 heteroatoms. The molecule has 1 saturated heterocycles. The molecule has 2 aliphatic heterocycles. The van der Waals surface area contributed by atoms with Crippen molar-refractivity contribution in [2.75, 3.05) is 33.4 Å². The average Bonchev–Trinajstić information content (AvgIpc) is 2.85. The molecule has 2 aliphatic rings. The number of aliphatic carboxylic acids is 1. The van der Waals surface area contributed by atoms with Gasteiger partial charge in [0.15, 0.2) is 0 Å². The van der Waals surface area contributed by atoms with Gasteiger partial charge in [-0.25, -0.2) is 4.79 Å². The maximum Gasteiger partial charge on any atom is 0.333 e. The smallest absolute Gasteiger partial charge is 0.333 e. The number of methoxy groups -OCH3 is 1. The molecule has 8 nitrogen and oxygen atoms in total. The van der Waals surface area contributed by atoms with Gasteiger partial charge in [-0.05, 0) is 35.8 Å². The minimum absolute atomic E-state index is 0.0265. The van der Waals surface area contributed by atoms with Gasteiger partial charge in [-0.3, -0.25) is 4.79 Å². The second-order valence-corrected chi connectivity index (χ2v) is 8.83. The van der Waals surface area contributed by atoms with E-state index in [1.807, 2.05) is 48.5 Å². The number of carbonyl (C=O) groups is 2. The van der Waals surface area contributed by atoms with E-state index < -0.39 is 5.97 Å². The van der Waals surface area contributed by atoms with Crippen LogP contribution in [0.2, 0.25) is 0 Å². The first-order valence-electron chi connectivity index (χ1n) is 11.9. The zero-order chi connectivity index (χ0) is 24.8. The molecular weight excluding hydrogens is 448 g/mol. The zero-order valence-corrected chi connectivity index (χ0v) is 20.2. The number of nitrogens with one attached hydrogen (secondary N) is 1. The fourth-order valence-corrected chi connectivity index (χ4v) is 4.73. The molecule has 2 aromatic carbocycles. The maximum absolute atomic E-state index is 12.1. The average molecular weight is 481 g/mol. The Bertz CT molecular complexity index is 1080. The predicted octanol–water partition coefficient (Wildman–Crippen LogP) is 3.11. The molecule has 2 unspecified atom stereocenters. The first-order chi connectivity index (χ1) is 17.0. The van der Waals surface area contributed by atoms with E-state index in [2.05, 4.69) is 5.32 Å². The highest BCUT2D eigenvalue weighted by molar-refractivity contribution is 5.98. The number of ether oxygens (including phenoxy) is 3. The number of piperazine rings is 1. The van der Waals surface area contributed by atoms with Crippen molar-refractivity contribution in [2.24, 2.45) is 0 Å². The summed E-state index contributed by atoms with van der Waals surface area (Å²) in [6, 6.07) is 15.0. The first kappa shape index (κ1) is 24.8. The third-order valence-corrected chi connectivity index (χ3v) is 6.44. The molecule has 0 aliphatic carbocycles. The van der Waals surface area contributed by atoms with Crippen LogP contribution >= 0.6 is 0 Å². The molecule has 2 N–H and O–H groups in total. The van der Waals surface area contributed by atoms with E-state index in [4.69, 9.17) is 14.2 Å². The number of benzene rings is 2. The second-order valence-electron chi connectivity index (χ2n) is 8.83. The lowest BCUT2D eigenvalue weighted by Crippen LogP contribution is -2.61. The monoisotopic (exact) mass is 480 g/mol. The van der Waals surface area contributed by atoms with Gasteiger partial charge >= 0.3 is 5.97 Å². The molecule has 2 bridgehead atoms. The highest BCUT2D eigenvalue weighted by Gasteiger charge is 2.39. The van der Waals surface area contributed by atoms with Gasteiger partial charge in [0.2, 0.25) is 5.91 Å². The van der Waals surface area contributed by atoms with Crippen LogP contribution in [-0.4, -0.2) is 67.4 Å². The molecule has 35 heavy (non-hydrogen) atoms. The summed E-state index contributed by atoms with van der Waals surface area (Å²) < 4.78 is 16.9. The van der Waals surface area contributed by atoms with E-state index in [0.29, 0.717) is 44.9 Å². The molecule has 1 fully saturated rings. The summed E-state index contributed by atoms with van der Waals surface area (Å²) in [6.07, 6.45) is 1.30. The van der Waals surface area contributed by atoms with E-state index in [0.717, 1.165) is 34.6 Å². The van der Waals surface area contributed by atoms with Crippen LogP contribution < -0.4 is 14.8 Å². The SMILES string of the molecule is COc1ccccc1COCCCOc1ccc(C2=C(C(=O)O)C3CN(C(C)=O)CC(C2)N3)cc1. The zero-order valence-electron chi connectivity index (χ0n) is 20.2. The molecule has 2 aromatic rings. The Hall–Kier alpha value is -3.36. The Morgan fingerprint density at radius 2 is 1.86 bits per heavy atom. The molecule has 0 spiro atoms. The van der Waals surface area contributed by atoms with Gasteiger partial charge in [0.05, 0.1) is 38.5 Å². The van der Waals surface area contributed by atoms with Crippen molar-refractivity contribution in [1.82, 2.24) is 10.2 Å². The van der Waals surface area contributed by atoms with Crippen molar-refractivity contribution in [2.45, 2.75) is 38.5 Å². The Morgan fingerprint density at radius 3 is 2.57 bits per heavy atom. The van der Waals surface area contributed by atoms with Gasteiger partial charge < -0.3 is 29.5 Å².